The van der Waals surface area contributed by atoms with Gasteiger partial charge in [-0.1, -0.05) is 36.9 Å². The smallest absolute Gasteiger partial charge is 0.243 e. The third-order valence-electron chi connectivity index (χ3n) is 2.17. The van der Waals surface area contributed by atoms with Crippen molar-refractivity contribution >= 4 is 5.91 Å². The van der Waals surface area contributed by atoms with E-state index in [1.807, 2.05) is 30.3 Å². The van der Waals surface area contributed by atoms with Crippen molar-refractivity contribution < 1.29 is 9.90 Å². The van der Waals surface area contributed by atoms with Crippen molar-refractivity contribution in [3.63, 3.8) is 0 Å². The molecule has 1 unspecified atom stereocenters. The van der Waals surface area contributed by atoms with Crippen LogP contribution in [0.2, 0.25) is 0 Å². The quantitative estimate of drug-likeness (QED) is 0.730. The lowest BCUT2D eigenvalue weighted by Crippen LogP contribution is -2.35. The minimum atomic E-state index is -0.699. The third kappa shape index (κ3) is 3.22. The summed E-state index contributed by atoms with van der Waals surface area (Å²) in [6.45, 7) is 5.10. The molecule has 0 aromatic heterocycles. The van der Waals surface area contributed by atoms with Crippen molar-refractivity contribution in [1.82, 2.24) is 5.32 Å². The van der Waals surface area contributed by atoms with Crippen LogP contribution in [-0.2, 0) is 4.79 Å². The predicted octanol–water partition coefficient (Wildman–Crippen LogP) is 1.41. The van der Waals surface area contributed by atoms with Crippen LogP contribution in [0.1, 0.15) is 18.6 Å². The van der Waals surface area contributed by atoms with Gasteiger partial charge in [-0.2, -0.15) is 0 Å². The summed E-state index contributed by atoms with van der Waals surface area (Å²) in [5, 5.41) is 12.5. The van der Waals surface area contributed by atoms with Crippen LogP contribution in [0.15, 0.2) is 43.0 Å². The van der Waals surface area contributed by atoms with E-state index in [0.29, 0.717) is 0 Å². The fourth-order valence-corrected chi connectivity index (χ4v) is 1.30. The SMILES string of the molecule is C=CC(=O)N[C@@H](C)C(O)c1ccccc1. The zero-order chi connectivity index (χ0) is 11.3. The lowest BCUT2D eigenvalue weighted by molar-refractivity contribution is -0.117. The number of carbonyl (C=O) groups is 1. The van der Waals surface area contributed by atoms with E-state index in [9.17, 15) is 9.90 Å². The van der Waals surface area contributed by atoms with Crippen molar-refractivity contribution in [2.75, 3.05) is 0 Å². The summed E-state index contributed by atoms with van der Waals surface area (Å²) >= 11 is 0. The molecule has 80 valence electrons. The molecule has 2 N–H and O–H groups in total. The van der Waals surface area contributed by atoms with Gasteiger partial charge in [0.25, 0.3) is 0 Å². The molecule has 3 heteroatoms. The van der Waals surface area contributed by atoms with Crippen molar-refractivity contribution in [1.29, 1.82) is 0 Å². The number of nitrogens with one attached hydrogen (secondary N) is 1. The van der Waals surface area contributed by atoms with Gasteiger partial charge in [0.1, 0.15) is 0 Å². The molecule has 0 aliphatic rings. The van der Waals surface area contributed by atoms with E-state index >= 15 is 0 Å². The normalized spacial score (nSPS) is 14.0. The van der Waals surface area contributed by atoms with Crippen LogP contribution >= 0.6 is 0 Å². The number of hydrogen-bond donors (Lipinski definition) is 2. The molecule has 15 heavy (non-hydrogen) atoms. The van der Waals surface area contributed by atoms with Crippen LogP contribution in [0.5, 0.6) is 0 Å². The summed E-state index contributed by atoms with van der Waals surface area (Å²) in [6.07, 6.45) is 0.490. The number of aliphatic hydroxyl groups excluding tert-OH is 1. The first-order valence-electron chi connectivity index (χ1n) is 4.81. The first-order chi connectivity index (χ1) is 7.15. The fourth-order valence-electron chi connectivity index (χ4n) is 1.30. The molecule has 2 atom stereocenters. The summed E-state index contributed by atoms with van der Waals surface area (Å²) in [6, 6.07) is 8.88. The van der Waals surface area contributed by atoms with Crippen molar-refractivity contribution in [3.8, 4) is 0 Å². The molecule has 1 rings (SSSR count). The molecule has 0 bridgehead atoms. The van der Waals surface area contributed by atoms with Crippen molar-refractivity contribution in [2.45, 2.75) is 19.1 Å². The average molecular weight is 205 g/mol. The van der Waals surface area contributed by atoms with Crippen LogP contribution in [0.25, 0.3) is 0 Å². The van der Waals surface area contributed by atoms with E-state index < -0.39 is 6.10 Å². The van der Waals surface area contributed by atoms with Crippen LogP contribution in [0, 0.1) is 0 Å². The maximum atomic E-state index is 11.0. The van der Waals surface area contributed by atoms with Crippen LogP contribution in [0.3, 0.4) is 0 Å². The van der Waals surface area contributed by atoms with Crippen LogP contribution in [-0.4, -0.2) is 17.1 Å². The summed E-state index contributed by atoms with van der Waals surface area (Å²) in [7, 11) is 0. The Bertz CT molecular complexity index is 335. The van der Waals surface area contributed by atoms with Crippen LogP contribution in [0.4, 0.5) is 0 Å². The van der Waals surface area contributed by atoms with Gasteiger partial charge in [-0.25, -0.2) is 0 Å². The lowest BCUT2D eigenvalue weighted by atomic mass is 10.0. The Balaban J connectivity index is 2.64. The van der Waals surface area contributed by atoms with E-state index in [1.165, 1.54) is 6.08 Å². The highest BCUT2D eigenvalue weighted by molar-refractivity contribution is 5.87. The second-order valence-corrected chi connectivity index (χ2v) is 3.36. The topological polar surface area (TPSA) is 49.3 Å². The molecule has 0 saturated heterocycles. The molecule has 1 amide bonds. The predicted molar refractivity (Wildman–Crippen MR) is 59.2 cm³/mol. The third-order valence-corrected chi connectivity index (χ3v) is 2.17. The Morgan fingerprint density at radius 1 is 1.47 bits per heavy atom. The standard InChI is InChI=1S/C12H15NO2/c1-3-11(14)13-9(2)12(15)10-7-5-4-6-8-10/h3-9,12,15H,1H2,2H3,(H,13,14)/t9-,12?/m0/s1. The zero-order valence-electron chi connectivity index (χ0n) is 8.68. The minimum Gasteiger partial charge on any atom is -0.386 e. The highest BCUT2D eigenvalue weighted by atomic mass is 16.3. The second kappa shape index (κ2) is 5.32. The molecule has 3 nitrogen and oxygen atoms in total. The summed E-state index contributed by atoms with van der Waals surface area (Å²) < 4.78 is 0. The summed E-state index contributed by atoms with van der Waals surface area (Å²) in [5.41, 5.74) is 0.786. The molecule has 0 spiro atoms. The molecule has 0 heterocycles. The van der Waals surface area contributed by atoms with Crippen LogP contribution < -0.4 is 5.32 Å². The Hall–Kier alpha value is -1.61. The molecule has 0 fully saturated rings. The fraction of sp³-hybridized carbons (Fsp3) is 0.250. The molecule has 1 aromatic rings. The number of aliphatic hydroxyl groups is 1. The summed E-state index contributed by atoms with van der Waals surface area (Å²) in [4.78, 5) is 11.0. The largest absolute Gasteiger partial charge is 0.386 e. The van der Waals surface area contributed by atoms with E-state index in [2.05, 4.69) is 11.9 Å². The zero-order valence-corrected chi connectivity index (χ0v) is 8.68. The number of hydrogen-bond acceptors (Lipinski definition) is 2. The van der Waals surface area contributed by atoms with E-state index in [4.69, 9.17) is 0 Å². The Morgan fingerprint density at radius 3 is 2.60 bits per heavy atom. The molecular weight excluding hydrogens is 190 g/mol. The summed E-state index contributed by atoms with van der Waals surface area (Å²) in [5.74, 6) is -0.280. The van der Waals surface area contributed by atoms with Gasteiger partial charge in [0.15, 0.2) is 0 Å². The highest BCUT2D eigenvalue weighted by Gasteiger charge is 2.16. The maximum absolute atomic E-state index is 11.0. The molecule has 1 aromatic carbocycles. The average Bonchev–Trinajstić information content (AvgIpc) is 2.29. The monoisotopic (exact) mass is 205 g/mol. The minimum absolute atomic E-state index is 0.280. The van der Waals surface area contributed by atoms with Gasteiger partial charge in [-0.15, -0.1) is 0 Å². The van der Waals surface area contributed by atoms with Crippen molar-refractivity contribution in [2.24, 2.45) is 0 Å². The molecule has 0 saturated carbocycles. The molecule has 0 aliphatic carbocycles. The van der Waals surface area contributed by atoms with Gasteiger partial charge in [0.2, 0.25) is 5.91 Å². The van der Waals surface area contributed by atoms with E-state index in [0.717, 1.165) is 5.56 Å². The van der Waals surface area contributed by atoms with E-state index in [1.54, 1.807) is 6.92 Å². The number of carbonyl (C=O) groups excluding carboxylic acids is 1. The van der Waals surface area contributed by atoms with Gasteiger partial charge in [-0.05, 0) is 18.6 Å². The van der Waals surface area contributed by atoms with Gasteiger partial charge in [0, 0.05) is 0 Å². The lowest BCUT2D eigenvalue weighted by Gasteiger charge is -2.19. The Morgan fingerprint density at radius 2 is 2.07 bits per heavy atom. The first-order valence-corrected chi connectivity index (χ1v) is 4.81. The molecule has 0 radical (unpaired) electrons. The molecular formula is C12H15NO2. The molecule has 0 aliphatic heterocycles. The Labute approximate surface area is 89.4 Å². The van der Waals surface area contributed by atoms with Gasteiger partial charge >= 0.3 is 0 Å². The highest BCUT2D eigenvalue weighted by Crippen LogP contribution is 2.15. The van der Waals surface area contributed by atoms with Gasteiger partial charge < -0.3 is 10.4 Å². The van der Waals surface area contributed by atoms with Gasteiger partial charge in [-0.3, -0.25) is 4.79 Å². The van der Waals surface area contributed by atoms with Gasteiger partial charge in [0.05, 0.1) is 12.1 Å². The number of benzene rings is 1. The second-order valence-electron chi connectivity index (χ2n) is 3.36. The maximum Gasteiger partial charge on any atom is 0.243 e. The number of rotatable bonds is 4. The number of amides is 1. The van der Waals surface area contributed by atoms with Crippen molar-refractivity contribution in [3.05, 3.63) is 48.6 Å². The van der Waals surface area contributed by atoms with E-state index in [-0.39, 0.29) is 11.9 Å². The first kappa shape index (κ1) is 11.5. The Kier molecular flexibility index (Phi) is 4.06.